The summed E-state index contributed by atoms with van der Waals surface area (Å²) in [4.78, 5) is 5.15. The summed E-state index contributed by atoms with van der Waals surface area (Å²) in [6, 6.07) is 0. The van der Waals surface area contributed by atoms with Crippen molar-refractivity contribution in [3.05, 3.63) is 16.1 Å². The van der Waals surface area contributed by atoms with Crippen molar-refractivity contribution in [2.75, 3.05) is 0 Å². The molecule has 1 heterocycles. The Balaban J connectivity index is 2.84. The Kier molecular flexibility index (Phi) is 1.60. The van der Waals surface area contributed by atoms with Crippen LogP contribution in [0.3, 0.4) is 0 Å². The highest BCUT2D eigenvalue weighted by atomic mass is 32.1. The minimum Gasteiger partial charge on any atom is -0.440 e. The van der Waals surface area contributed by atoms with E-state index in [1.54, 1.807) is 17.5 Å². The fourth-order valence-corrected chi connectivity index (χ4v) is 1.14. The van der Waals surface area contributed by atoms with Gasteiger partial charge in [0.15, 0.2) is 11.6 Å². The molecule has 0 aliphatic carbocycles. The van der Waals surface area contributed by atoms with Crippen molar-refractivity contribution in [2.45, 2.75) is 13.5 Å². The first-order chi connectivity index (χ1) is 3.83. The van der Waals surface area contributed by atoms with Gasteiger partial charge in [0.1, 0.15) is 0 Å². The third kappa shape index (κ3) is 1.05. The maximum absolute atomic E-state index is 6.90. The van der Waals surface area contributed by atoms with Crippen molar-refractivity contribution in [1.29, 1.82) is 0 Å². The molecular formula is C5H8NOS+. The van der Waals surface area contributed by atoms with E-state index in [0.717, 1.165) is 5.01 Å². The molecule has 0 saturated heterocycles. The van der Waals surface area contributed by atoms with Crippen LogP contribution in [-0.4, -0.2) is 10.1 Å². The number of aromatic nitrogens is 1. The lowest BCUT2D eigenvalue weighted by Gasteiger charge is -1.75. The molecule has 0 aliphatic heterocycles. The predicted octanol–water partition coefficient (Wildman–Crippen LogP) is 0.676. The maximum atomic E-state index is 6.90. The molecular weight excluding hydrogens is 122 g/mol. The third-order valence-corrected chi connectivity index (χ3v) is 1.73. The summed E-state index contributed by atoms with van der Waals surface area (Å²) in [5.41, 5.74) is 0. The summed E-state index contributed by atoms with van der Waals surface area (Å²) in [6.45, 7) is 2.31. The summed E-state index contributed by atoms with van der Waals surface area (Å²) in [5.74, 6) is 0. The van der Waals surface area contributed by atoms with Crippen LogP contribution in [-0.2, 0) is 6.61 Å². The van der Waals surface area contributed by atoms with Crippen molar-refractivity contribution >= 4 is 11.3 Å². The third-order valence-electron chi connectivity index (χ3n) is 0.820. The number of hydrogen-bond acceptors (Lipinski definition) is 2. The molecule has 2 nitrogen and oxygen atoms in total. The molecule has 0 aliphatic rings. The Hall–Kier alpha value is -0.410. The molecule has 2 N–H and O–H groups in total. The molecule has 0 spiro atoms. The molecule has 3 heteroatoms. The molecule has 8 heavy (non-hydrogen) atoms. The van der Waals surface area contributed by atoms with E-state index in [9.17, 15) is 0 Å². The van der Waals surface area contributed by atoms with Crippen LogP contribution in [0.4, 0.5) is 0 Å². The Morgan fingerprint density at radius 1 is 1.88 bits per heavy atom. The highest BCUT2D eigenvalue weighted by Crippen LogP contribution is 2.09. The first-order valence-electron chi connectivity index (χ1n) is 2.39. The fraction of sp³-hybridized carbons (Fsp3) is 0.400. The highest BCUT2D eigenvalue weighted by Gasteiger charge is 1.95. The van der Waals surface area contributed by atoms with Crippen LogP contribution in [0.15, 0.2) is 6.20 Å². The van der Waals surface area contributed by atoms with E-state index < -0.39 is 0 Å². The van der Waals surface area contributed by atoms with E-state index in [2.05, 4.69) is 4.98 Å². The van der Waals surface area contributed by atoms with Crippen LogP contribution < -0.4 is 0 Å². The molecule has 0 radical (unpaired) electrons. The van der Waals surface area contributed by atoms with Gasteiger partial charge in [0, 0.05) is 11.1 Å². The average Bonchev–Trinajstić information content (AvgIpc) is 2.14. The van der Waals surface area contributed by atoms with Crippen molar-refractivity contribution < 1.29 is 5.11 Å². The number of nitrogens with zero attached hydrogens (tertiary/aromatic N) is 1. The van der Waals surface area contributed by atoms with Crippen molar-refractivity contribution in [3.63, 3.8) is 0 Å². The summed E-state index contributed by atoms with van der Waals surface area (Å²) < 4.78 is 0. The summed E-state index contributed by atoms with van der Waals surface area (Å²) in [7, 11) is 0. The van der Waals surface area contributed by atoms with Crippen LogP contribution in [0.1, 0.15) is 9.88 Å². The van der Waals surface area contributed by atoms with Crippen LogP contribution in [0.5, 0.6) is 0 Å². The normalized spacial score (nSPS) is 9.75. The molecule has 0 atom stereocenters. The number of thiazole rings is 1. The zero-order valence-electron chi connectivity index (χ0n) is 4.64. The minimum absolute atomic E-state index is 0.318. The first-order valence-corrected chi connectivity index (χ1v) is 3.20. The first kappa shape index (κ1) is 5.72. The smallest absolute Gasteiger partial charge is 0.196 e. The summed E-state index contributed by atoms with van der Waals surface area (Å²) in [6.07, 6.45) is 1.80. The van der Waals surface area contributed by atoms with Gasteiger partial charge in [-0.3, -0.25) is 0 Å². The lowest BCUT2D eigenvalue weighted by Crippen LogP contribution is -1.75. The molecule has 1 aromatic heterocycles. The van der Waals surface area contributed by atoms with Crippen LogP contribution >= 0.6 is 11.3 Å². The highest BCUT2D eigenvalue weighted by molar-refractivity contribution is 7.11. The van der Waals surface area contributed by atoms with Crippen molar-refractivity contribution in [1.82, 2.24) is 4.98 Å². The Morgan fingerprint density at radius 3 is 2.88 bits per heavy atom. The lowest BCUT2D eigenvalue weighted by molar-refractivity contribution is 0.281. The monoisotopic (exact) mass is 130 g/mol. The number of hydrogen-bond donors (Lipinski definition) is 0. The van der Waals surface area contributed by atoms with E-state index in [1.807, 2.05) is 6.92 Å². The van der Waals surface area contributed by atoms with Crippen LogP contribution in [0.25, 0.3) is 0 Å². The van der Waals surface area contributed by atoms with Crippen molar-refractivity contribution in [2.24, 2.45) is 0 Å². The molecule has 0 saturated carbocycles. The van der Waals surface area contributed by atoms with Gasteiger partial charge in [0.2, 0.25) is 0 Å². The Morgan fingerprint density at radius 2 is 2.62 bits per heavy atom. The molecule has 0 unspecified atom stereocenters. The van der Waals surface area contributed by atoms with E-state index in [-0.39, 0.29) is 0 Å². The predicted molar refractivity (Wildman–Crippen MR) is 34.2 cm³/mol. The SMILES string of the molecule is Cc1cnc(C[OH2+])s1. The van der Waals surface area contributed by atoms with Gasteiger partial charge in [-0.2, -0.15) is 0 Å². The van der Waals surface area contributed by atoms with Gasteiger partial charge in [-0.05, 0) is 6.92 Å². The molecule has 0 amide bonds. The van der Waals surface area contributed by atoms with Gasteiger partial charge in [-0.15, -0.1) is 11.3 Å². The minimum atomic E-state index is 0.318. The Labute approximate surface area is 51.8 Å². The molecule has 0 fully saturated rings. The van der Waals surface area contributed by atoms with Crippen molar-refractivity contribution in [3.8, 4) is 0 Å². The number of aryl methyl sites for hydroxylation is 1. The molecule has 0 aromatic carbocycles. The second-order valence-electron chi connectivity index (χ2n) is 1.54. The van der Waals surface area contributed by atoms with Gasteiger partial charge in [-0.25, -0.2) is 4.98 Å². The van der Waals surface area contributed by atoms with Gasteiger partial charge in [0.25, 0.3) is 0 Å². The summed E-state index contributed by atoms with van der Waals surface area (Å²) >= 11 is 1.59. The quantitative estimate of drug-likeness (QED) is 0.515. The number of rotatable bonds is 1. The van der Waals surface area contributed by atoms with E-state index in [4.69, 9.17) is 5.11 Å². The van der Waals surface area contributed by atoms with Crippen LogP contribution in [0.2, 0.25) is 0 Å². The van der Waals surface area contributed by atoms with Crippen LogP contribution in [0, 0.1) is 6.92 Å². The van der Waals surface area contributed by atoms with Gasteiger partial charge in [-0.1, -0.05) is 0 Å². The molecule has 44 valence electrons. The largest absolute Gasteiger partial charge is 0.440 e. The zero-order valence-corrected chi connectivity index (χ0v) is 5.46. The zero-order chi connectivity index (χ0) is 5.98. The second kappa shape index (κ2) is 2.24. The molecule has 1 rings (SSSR count). The van der Waals surface area contributed by atoms with E-state index in [0.29, 0.717) is 6.61 Å². The fourth-order valence-electron chi connectivity index (χ4n) is 0.483. The van der Waals surface area contributed by atoms with E-state index in [1.165, 1.54) is 4.88 Å². The average molecular weight is 130 g/mol. The van der Waals surface area contributed by atoms with Gasteiger partial charge in [0.05, 0.1) is 0 Å². The second-order valence-corrected chi connectivity index (χ2v) is 2.86. The topological polar surface area (TPSA) is 35.8 Å². The molecule has 0 bridgehead atoms. The van der Waals surface area contributed by atoms with Gasteiger partial charge < -0.3 is 5.11 Å². The Bertz CT molecular complexity index is 173. The lowest BCUT2D eigenvalue weighted by atomic mass is 10.6. The maximum Gasteiger partial charge on any atom is 0.196 e. The molecule has 1 aromatic rings. The van der Waals surface area contributed by atoms with Gasteiger partial charge >= 0.3 is 0 Å². The standard InChI is InChI=1S/C5H7NOS/c1-4-2-6-5(3-7)8-4/h2,7H,3H2,1H3/p+1. The summed E-state index contributed by atoms with van der Waals surface area (Å²) in [5, 5.41) is 7.81. The van der Waals surface area contributed by atoms with E-state index >= 15 is 0 Å².